The Bertz CT molecular complexity index is 569. The fourth-order valence-corrected chi connectivity index (χ4v) is 7.79. The Hall–Kier alpha value is -0.500. The lowest BCUT2D eigenvalue weighted by Gasteiger charge is -2.49. The van der Waals surface area contributed by atoms with E-state index in [0.717, 1.165) is 44.3 Å². The molecule has 141 valence electrons. The van der Waals surface area contributed by atoms with Crippen LogP contribution in [-0.4, -0.2) is 81.6 Å². The van der Waals surface area contributed by atoms with Crippen molar-refractivity contribution in [2.75, 3.05) is 39.3 Å². The molecule has 4 heterocycles. The first-order chi connectivity index (χ1) is 11.6. The topological polar surface area (TPSA) is 70.8 Å². The van der Waals surface area contributed by atoms with Crippen LogP contribution < -0.4 is 0 Å². The number of carbonyl (C=O) groups is 1. The molecule has 4 saturated heterocycles. The molecule has 4 fully saturated rings. The van der Waals surface area contributed by atoms with Crippen molar-refractivity contribution in [3.63, 3.8) is 0 Å². The van der Waals surface area contributed by atoms with Gasteiger partial charge in [-0.25, -0.2) is 18.8 Å². The zero-order valence-electron chi connectivity index (χ0n) is 15.6. The van der Waals surface area contributed by atoms with Crippen LogP contribution in [0.5, 0.6) is 0 Å². The first-order valence-corrected chi connectivity index (χ1v) is 10.8. The average Bonchev–Trinajstić information content (AvgIpc) is 3.39. The molecule has 0 bridgehead atoms. The minimum atomic E-state index is -2.00. The van der Waals surface area contributed by atoms with Crippen molar-refractivity contribution in [2.24, 2.45) is 4.74 Å². The first-order valence-electron chi connectivity index (χ1n) is 9.22. The van der Waals surface area contributed by atoms with Crippen LogP contribution in [0.3, 0.4) is 0 Å². The third-order valence-corrected chi connectivity index (χ3v) is 9.35. The largest absolute Gasteiger partial charge is 0.444 e. The Morgan fingerprint density at radius 3 is 1.68 bits per heavy atom. The third kappa shape index (κ3) is 3.29. The van der Waals surface area contributed by atoms with Gasteiger partial charge in [-0.2, -0.15) is 0 Å². The van der Waals surface area contributed by atoms with Crippen LogP contribution >= 0.6 is 7.51 Å². The molecule has 0 aromatic heterocycles. The summed E-state index contributed by atoms with van der Waals surface area (Å²) in [5.74, 6) is 0. The molecule has 0 aliphatic carbocycles. The SMILES string of the molecule is CC1(C)CC(OC(=O)N=P(N2CC2)(N2CC2)N2CC2)CC(C)(C)N1[O]. The van der Waals surface area contributed by atoms with E-state index in [1.807, 2.05) is 27.7 Å². The summed E-state index contributed by atoms with van der Waals surface area (Å²) in [5.41, 5.74) is -1.09. The van der Waals surface area contributed by atoms with E-state index in [0.29, 0.717) is 12.8 Å². The van der Waals surface area contributed by atoms with Gasteiger partial charge in [0.2, 0.25) is 0 Å². The van der Waals surface area contributed by atoms with Gasteiger partial charge in [-0.05, 0) is 27.7 Å². The van der Waals surface area contributed by atoms with Crippen molar-refractivity contribution in [1.29, 1.82) is 0 Å². The van der Waals surface area contributed by atoms with Gasteiger partial charge in [0.1, 0.15) is 6.10 Å². The monoisotopic (exact) mass is 370 g/mol. The predicted octanol–water partition coefficient (Wildman–Crippen LogP) is 2.38. The van der Waals surface area contributed by atoms with Crippen molar-refractivity contribution in [3.8, 4) is 0 Å². The van der Waals surface area contributed by atoms with E-state index in [2.05, 4.69) is 18.8 Å². The van der Waals surface area contributed by atoms with Gasteiger partial charge in [0.05, 0.1) is 0 Å². The zero-order valence-corrected chi connectivity index (χ0v) is 16.5. The maximum atomic E-state index is 12.7. The molecule has 0 atom stereocenters. The molecule has 25 heavy (non-hydrogen) atoms. The van der Waals surface area contributed by atoms with Crippen LogP contribution in [0.4, 0.5) is 4.79 Å². The standard InChI is InChI=1S/C16H29N5O3P/c1-15(2)11-13(12-16(3,4)21(15)23)24-14(22)17-25(18-5-6-18,19-7-8-19)20-9-10-20/h13H,5-12H2,1-4H3. The number of piperidine rings is 1. The van der Waals surface area contributed by atoms with Crippen LogP contribution in [0.15, 0.2) is 4.74 Å². The van der Waals surface area contributed by atoms with Crippen molar-refractivity contribution in [2.45, 2.75) is 57.7 Å². The highest BCUT2D eigenvalue weighted by molar-refractivity contribution is 7.60. The maximum absolute atomic E-state index is 12.7. The molecule has 8 nitrogen and oxygen atoms in total. The normalized spacial score (nSPS) is 30.1. The second-order valence-corrected chi connectivity index (χ2v) is 11.8. The number of carbonyl (C=O) groups excluding carboxylic acids is 1. The lowest BCUT2D eigenvalue weighted by atomic mass is 9.80. The molecule has 4 aliphatic heterocycles. The number of ether oxygens (including phenoxy) is 1. The summed E-state index contributed by atoms with van der Waals surface area (Å²) in [5, 5.41) is 13.6. The average molecular weight is 370 g/mol. The molecule has 0 spiro atoms. The number of hydrogen-bond donors (Lipinski definition) is 0. The smallest absolute Gasteiger partial charge is 0.436 e. The Morgan fingerprint density at radius 1 is 0.920 bits per heavy atom. The van der Waals surface area contributed by atoms with Gasteiger partial charge < -0.3 is 4.74 Å². The minimum Gasteiger partial charge on any atom is -0.444 e. The highest BCUT2D eigenvalue weighted by Crippen LogP contribution is 2.68. The Kier molecular flexibility index (Phi) is 4.11. The molecule has 1 amide bonds. The van der Waals surface area contributed by atoms with Crippen LogP contribution in [0.25, 0.3) is 0 Å². The molecule has 4 aliphatic rings. The van der Waals surface area contributed by atoms with Gasteiger partial charge in [0.25, 0.3) is 0 Å². The summed E-state index contributed by atoms with van der Waals surface area (Å²) in [6.07, 6.45) is 0.383. The summed E-state index contributed by atoms with van der Waals surface area (Å²) in [4.78, 5) is 12.7. The molecule has 0 N–H and O–H groups in total. The van der Waals surface area contributed by atoms with Crippen LogP contribution in [-0.2, 0) is 9.94 Å². The predicted molar refractivity (Wildman–Crippen MR) is 94.3 cm³/mol. The highest BCUT2D eigenvalue weighted by Gasteiger charge is 2.54. The van der Waals surface area contributed by atoms with E-state index in [1.54, 1.807) is 0 Å². The number of rotatable bonds is 4. The summed E-state index contributed by atoms with van der Waals surface area (Å²) >= 11 is 0. The molecular formula is C16H29N5O3P. The van der Waals surface area contributed by atoms with E-state index >= 15 is 0 Å². The van der Waals surface area contributed by atoms with E-state index in [4.69, 9.17) is 4.74 Å². The van der Waals surface area contributed by atoms with Crippen molar-refractivity contribution in [1.82, 2.24) is 19.1 Å². The van der Waals surface area contributed by atoms with Gasteiger partial charge in [0, 0.05) is 63.2 Å². The van der Waals surface area contributed by atoms with Gasteiger partial charge in [-0.1, -0.05) is 0 Å². The minimum absolute atomic E-state index is 0.258. The molecule has 4 rings (SSSR count). The van der Waals surface area contributed by atoms with E-state index < -0.39 is 24.7 Å². The van der Waals surface area contributed by atoms with E-state index in [9.17, 15) is 10.0 Å². The van der Waals surface area contributed by atoms with Crippen LogP contribution in [0.2, 0.25) is 0 Å². The Balaban J connectivity index is 1.52. The van der Waals surface area contributed by atoms with Crippen LogP contribution in [0, 0.1) is 0 Å². The lowest BCUT2D eigenvalue weighted by molar-refractivity contribution is -0.297. The summed E-state index contributed by atoms with van der Waals surface area (Å²) in [6, 6.07) is 0. The summed E-state index contributed by atoms with van der Waals surface area (Å²) in [7, 11) is -2.00. The molecule has 0 aromatic rings. The number of amides is 1. The number of hydrogen-bond acceptors (Lipinski definition) is 3. The van der Waals surface area contributed by atoms with Crippen molar-refractivity contribution < 1.29 is 14.7 Å². The molecular weight excluding hydrogens is 341 g/mol. The molecule has 1 radical (unpaired) electrons. The van der Waals surface area contributed by atoms with Crippen molar-refractivity contribution in [3.05, 3.63) is 0 Å². The lowest BCUT2D eigenvalue weighted by Crippen LogP contribution is -2.60. The number of hydroxylamine groups is 2. The second kappa shape index (κ2) is 5.75. The van der Waals surface area contributed by atoms with Crippen LogP contribution in [0.1, 0.15) is 40.5 Å². The van der Waals surface area contributed by atoms with Gasteiger partial charge >= 0.3 is 6.09 Å². The van der Waals surface area contributed by atoms with Crippen molar-refractivity contribution >= 4 is 13.6 Å². The second-order valence-electron chi connectivity index (χ2n) is 8.83. The van der Waals surface area contributed by atoms with Gasteiger partial charge in [-0.3, -0.25) is 0 Å². The molecule has 0 unspecified atom stereocenters. The Labute approximate surface area is 149 Å². The van der Waals surface area contributed by atoms with Gasteiger partial charge in [0.15, 0.2) is 7.51 Å². The number of nitrogens with zero attached hydrogens (tertiary/aromatic N) is 5. The zero-order chi connectivity index (χ0) is 18.0. The first kappa shape index (κ1) is 17.9. The molecule has 0 saturated carbocycles. The Morgan fingerprint density at radius 2 is 1.32 bits per heavy atom. The van der Waals surface area contributed by atoms with E-state index in [1.165, 1.54) is 0 Å². The fourth-order valence-electron chi connectivity index (χ4n) is 4.20. The molecule has 0 aromatic carbocycles. The summed E-state index contributed by atoms with van der Waals surface area (Å²) in [6.45, 7) is 13.8. The maximum Gasteiger partial charge on any atom is 0.436 e. The quantitative estimate of drug-likeness (QED) is 0.559. The fraction of sp³-hybridized carbons (Fsp3) is 0.938. The van der Waals surface area contributed by atoms with Gasteiger partial charge in [-0.15, -0.1) is 15.0 Å². The summed E-state index contributed by atoms with van der Waals surface area (Å²) < 4.78 is 17.4. The molecule has 9 heteroatoms. The highest BCUT2D eigenvalue weighted by atomic mass is 31.2. The van der Waals surface area contributed by atoms with E-state index in [-0.39, 0.29) is 6.10 Å². The third-order valence-electron chi connectivity index (χ3n) is 5.45.